The molecule has 0 bridgehead atoms. The van der Waals surface area contributed by atoms with Crippen molar-refractivity contribution in [1.29, 1.82) is 0 Å². The van der Waals surface area contributed by atoms with Crippen LogP contribution in [-0.2, 0) is 9.47 Å². The first-order chi connectivity index (χ1) is 9.89. The quantitative estimate of drug-likeness (QED) is 0.518. The van der Waals surface area contributed by atoms with Crippen molar-refractivity contribution in [2.24, 2.45) is 0 Å². The lowest BCUT2D eigenvalue weighted by Gasteiger charge is -2.21. The number of alkyl carbamates (subject to hydrolysis) is 1. The Morgan fingerprint density at radius 1 is 0.955 bits per heavy atom. The van der Waals surface area contributed by atoms with Crippen LogP contribution in [0.3, 0.4) is 0 Å². The molecule has 1 atom stereocenters. The van der Waals surface area contributed by atoms with Crippen molar-refractivity contribution in [3.8, 4) is 0 Å². The molecule has 0 aliphatic heterocycles. The van der Waals surface area contributed by atoms with E-state index in [4.69, 9.17) is 9.47 Å². The van der Waals surface area contributed by atoms with E-state index in [-0.39, 0.29) is 6.04 Å². The average molecular weight is 317 g/mol. The van der Waals surface area contributed by atoms with Crippen LogP contribution in [0.4, 0.5) is 9.59 Å². The smallest absolute Gasteiger partial charge is 0.422 e. The number of ether oxygens (including phenoxy) is 2. The number of hydrazine groups is 1. The van der Waals surface area contributed by atoms with Crippen molar-refractivity contribution in [3.05, 3.63) is 0 Å². The van der Waals surface area contributed by atoms with Gasteiger partial charge in [0.2, 0.25) is 0 Å². The molecular formula is C15H31N3O4. The minimum atomic E-state index is -0.521. The summed E-state index contributed by atoms with van der Waals surface area (Å²) in [6.45, 7) is 13.3. The van der Waals surface area contributed by atoms with Gasteiger partial charge in [0, 0.05) is 12.6 Å². The predicted molar refractivity (Wildman–Crippen MR) is 85.4 cm³/mol. The second-order valence-corrected chi connectivity index (χ2v) is 7.24. The molecule has 7 heteroatoms. The van der Waals surface area contributed by atoms with Gasteiger partial charge in [0.1, 0.15) is 11.2 Å². The van der Waals surface area contributed by atoms with Crippen LogP contribution in [0.2, 0.25) is 0 Å². The fourth-order valence-corrected chi connectivity index (χ4v) is 1.47. The molecule has 0 aromatic carbocycles. The molecule has 0 saturated carbocycles. The van der Waals surface area contributed by atoms with E-state index in [1.807, 2.05) is 27.7 Å². The lowest BCUT2D eigenvalue weighted by Crippen LogP contribution is -2.45. The summed E-state index contributed by atoms with van der Waals surface area (Å²) in [6, 6.07) is 0.0629. The second kappa shape index (κ2) is 8.82. The minimum absolute atomic E-state index is 0.0629. The van der Waals surface area contributed by atoms with Crippen molar-refractivity contribution in [1.82, 2.24) is 16.2 Å². The summed E-state index contributed by atoms with van der Waals surface area (Å²) in [5, 5.41) is 2.69. The monoisotopic (exact) mass is 317 g/mol. The summed E-state index contributed by atoms with van der Waals surface area (Å²) in [4.78, 5) is 22.9. The van der Waals surface area contributed by atoms with E-state index in [0.29, 0.717) is 6.54 Å². The number of hydrogen-bond acceptors (Lipinski definition) is 5. The highest BCUT2D eigenvalue weighted by Crippen LogP contribution is 2.07. The molecule has 0 aromatic heterocycles. The topological polar surface area (TPSA) is 88.7 Å². The first-order valence-corrected chi connectivity index (χ1v) is 7.60. The molecule has 22 heavy (non-hydrogen) atoms. The molecule has 0 aliphatic carbocycles. The summed E-state index contributed by atoms with van der Waals surface area (Å²) in [6.07, 6.45) is 0.626. The van der Waals surface area contributed by atoms with Crippen molar-refractivity contribution < 1.29 is 19.1 Å². The van der Waals surface area contributed by atoms with Crippen LogP contribution in [0.15, 0.2) is 0 Å². The number of hydrogen-bond donors (Lipinski definition) is 3. The zero-order valence-corrected chi connectivity index (χ0v) is 14.8. The van der Waals surface area contributed by atoms with Gasteiger partial charge >= 0.3 is 12.2 Å². The number of carbonyl (C=O) groups is 2. The van der Waals surface area contributed by atoms with Crippen molar-refractivity contribution >= 4 is 12.2 Å². The molecular weight excluding hydrogens is 286 g/mol. The third-order valence-electron chi connectivity index (χ3n) is 2.30. The van der Waals surface area contributed by atoms with Gasteiger partial charge in [0.15, 0.2) is 0 Å². The van der Waals surface area contributed by atoms with Crippen molar-refractivity contribution in [3.63, 3.8) is 0 Å². The zero-order valence-electron chi connectivity index (χ0n) is 14.8. The normalized spacial score (nSPS) is 13.2. The van der Waals surface area contributed by atoms with Gasteiger partial charge < -0.3 is 14.8 Å². The van der Waals surface area contributed by atoms with Crippen LogP contribution in [0, 0.1) is 0 Å². The van der Waals surface area contributed by atoms with Crippen molar-refractivity contribution in [2.45, 2.75) is 78.6 Å². The number of amides is 2. The molecule has 0 fully saturated rings. The van der Waals surface area contributed by atoms with Gasteiger partial charge in [0.05, 0.1) is 0 Å². The van der Waals surface area contributed by atoms with Crippen LogP contribution in [0.1, 0.15) is 61.3 Å². The Morgan fingerprint density at radius 2 is 1.45 bits per heavy atom. The van der Waals surface area contributed by atoms with E-state index in [1.54, 1.807) is 20.8 Å². The summed E-state index contributed by atoms with van der Waals surface area (Å²) >= 11 is 0. The predicted octanol–water partition coefficient (Wildman–Crippen LogP) is 2.71. The van der Waals surface area contributed by atoms with Gasteiger partial charge in [0.25, 0.3) is 0 Å². The summed E-state index contributed by atoms with van der Waals surface area (Å²) in [5.41, 5.74) is 4.35. The fourth-order valence-electron chi connectivity index (χ4n) is 1.47. The van der Waals surface area contributed by atoms with Crippen LogP contribution in [-0.4, -0.2) is 36.0 Å². The third kappa shape index (κ3) is 13.5. The number of rotatable bonds is 6. The van der Waals surface area contributed by atoms with Gasteiger partial charge in [-0.15, -0.1) is 0 Å². The fraction of sp³-hybridized carbons (Fsp3) is 0.867. The van der Waals surface area contributed by atoms with Crippen molar-refractivity contribution in [2.75, 3.05) is 6.54 Å². The first-order valence-electron chi connectivity index (χ1n) is 7.60. The zero-order chi connectivity index (χ0) is 17.4. The SMILES string of the molecule is CC(CCCNC(=O)OC(C)(C)C)NNC(=O)OC(C)(C)C. The Bertz CT molecular complexity index is 359. The maximum atomic E-state index is 11.4. The highest BCUT2D eigenvalue weighted by molar-refractivity contribution is 5.67. The standard InChI is InChI=1S/C15H31N3O4/c1-11(17-18-13(20)22-15(5,6)7)9-8-10-16-12(19)21-14(2,3)4/h11,17H,8-10H2,1-7H3,(H,16,19)(H,18,20). The van der Waals surface area contributed by atoms with E-state index in [1.165, 1.54) is 0 Å². The van der Waals surface area contributed by atoms with Gasteiger partial charge in [-0.05, 0) is 61.3 Å². The molecule has 0 radical (unpaired) electrons. The van der Waals surface area contributed by atoms with Crippen LogP contribution < -0.4 is 16.2 Å². The Morgan fingerprint density at radius 3 is 1.95 bits per heavy atom. The molecule has 130 valence electrons. The highest BCUT2D eigenvalue weighted by atomic mass is 16.6. The summed E-state index contributed by atoms with van der Waals surface area (Å²) in [5.74, 6) is 0. The van der Waals surface area contributed by atoms with Crippen LogP contribution in [0.5, 0.6) is 0 Å². The Hall–Kier alpha value is -1.50. The van der Waals surface area contributed by atoms with Gasteiger partial charge in [-0.2, -0.15) is 0 Å². The van der Waals surface area contributed by atoms with E-state index in [0.717, 1.165) is 12.8 Å². The minimum Gasteiger partial charge on any atom is -0.444 e. The number of nitrogens with one attached hydrogen (secondary N) is 3. The first kappa shape index (κ1) is 20.5. The average Bonchev–Trinajstić information content (AvgIpc) is 2.27. The van der Waals surface area contributed by atoms with E-state index < -0.39 is 23.4 Å². The highest BCUT2D eigenvalue weighted by Gasteiger charge is 2.17. The summed E-state index contributed by atoms with van der Waals surface area (Å²) < 4.78 is 10.2. The molecule has 1 unspecified atom stereocenters. The molecule has 7 nitrogen and oxygen atoms in total. The molecule has 2 amide bonds. The van der Waals surface area contributed by atoms with E-state index >= 15 is 0 Å². The van der Waals surface area contributed by atoms with E-state index in [9.17, 15) is 9.59 Å². The lowest BCUT2D eigenvalue weighted by molar-refractivity contribution is 0.0488. The van der Waals surface area contributed by atoms with Gasteiger partial charge in [-0.25, -0.2) is 15.0 Å². The summed E-state index contributed by atoms with van der Waals surface area (Å²) in [7, 11) is 0. The largest absolute Gasteiger partial charge is 0.444 e. The third-order valence-corrected chi connectivity index (χ3v) is 2.30. The van der Waals surface area contributed by atoms with Gasteiger partial charge in [-0.3, -0.25) is 5.43 Å². The van der Waals surface area contributed by atoms with E-state index in [2.05, 4.69) is 16.2 Å². The molecule has 0 spiro atoms. The second-order valence-electron chi connectivity index (χ2n) is 7.24. The molecule has 3 N–H and O–H groups in total. The Balaban J connectivity index is 3.72. The van der Waals surface area contributed by atoms with Crippen LogP contribution in [0.25, 0.3) is 0 Å². The van der Waals surface area contributed by atoms with Gasteiger partial charge in [-0.1, -0.05) is 0 Å². The molecule has 0 rings (SSSR count). The molecule has 0 saturated heterocycles. The molecule has 0 heterocycles. The maximum absolute atomic E-state index is 11.4. The Labute approximate surface area is 133 Å². The van der Waals surface area contributed by atoms with Crippen LogP contribution >= 0.6 is 0 Å². The molecule has 0 aromatic rings. The maximum Gasteiger partial charge on any atom is 0.422 e. The Kier molecular flexibility index (Phi) is 8.22. The lowest BCUT2D eigenvalue weighted by atomic mass is 10.2. The molecule has 0 aliphatic rings. The number of carbonyl (C=O) groups excluding carboxylic acids is 2.